The number of methoxy groups -OCH3 is 2. The van der Waals surface area contributed by atoms with Crippen LogP contribution in [0.1, 0.15) is 33.3 Å². The average molecular weight is 486 g/mol. The van der Waals surface area contributed by atoms with Gasteiger partial charge in [0.15, 0.2) is 11.5 Å². The van der Waals surface area contributed by atoms with Crippen molar-refractivity contribution in [2.45, 2.75) is 12.5 Å². The Morgan fingerprint density at radius 3 is 2.42 bits per heavy atom. The van der Waals surface area contributed by atoms with Crippen molar-refractivity contribution >= 4 is 38.7 Å². The number of hydrazone groups is 1. The highest BCUT2D eigenvalue weighted by Crippen LogP contribution is 2.38. The van der Waals surface area contributed by atoms with E-state index in [1.807, 2.05) is 29.6 Å². The molecule has 1 aliphatic rings. The summed E-state index contributed by atoms with van der Waals surface area (Å²) in [6, 6.07) is 15.8. The van der Waals surface area contributed by atoms with E-state index >= 15 is 0 Å². The van der Waals surface area contributed by atoms with E-state index in [4.69, 9.17) is 9.47 Å². The fourth-order valence-electron chi connectivity index (χ4n) is 3.65. The number of nitrogens with zero attached hydrogens (tertiary/aromatic N) is 2. The number of hydrogen-bond donors (Lipinski definition) is 1. The van der Waals surface area contributed by atoms with Crippen LogP contribution in [0.4, 0.5) is 5.69 Å². The standard InChI is InChI=1S/C23H23N3O5S2/c1-30-20-11-8-16(13-21(20)31-2)19-14-18(24-26(19)23(27)22-5-4-12-32-22)15-6-9-17(10-7-15)25-33(3,28)29/h4-13,19,25H,14H2,1-3H3/t19-/m1/s1. The minimum absolute atomic E-state index is 0.185. The third kappa shape index (κ3) is 5.01. The van der Waals surface area contributed by atoms with Crippen LogP contribution < -0.4 is 14.2 Å². The Kier molecular flexibility index (Phi) is 6.39. The van der Waals surface area contributed by atoms with Gasteiger partial charge in [-0.05, 0) is 46.8 Å². The molecule has 0 unspecified atom stereocenters. The Morgan fingerprint density at radius 2 is 1.82 bits per heavy atom. The summed E-state index contributed by atoms with van der Waals surface area (Å²) in [5, 5.41) is 8.03. The van der Waals surface area contributed by atoms with Crippen LogP contribution >= 0.6 is 11.3 Å². The lowest BCUT2D eigenvalue weighted by Gasteiger charge is -2.22. The molecule has 1 N–H and O–H groups in total. The number of ether oxygens (including phenoxy) is 2. The number of sulfonamides is 1. The van der Waals surface area contributed by atoms with Gasteiger partial charge < -0.3 is 9.47 Å². The number of anilines is 1. The van der Waals surface area contributed by atoms with Gasteiger partial charge in [0, 0.05) is 12.1 Å². The molecule has 8 nitrogen and oxygen atoms in total. The van der Waals surface area contributed by atoms with E-state index in [0.29, 0.717) is 28.5 Å². The Bertz CT molecular complexity index is 1290. The molecular weight excluding hydrogens is 462 g/mol. The highest BCUT2D eigenvalue weighted by molar-refractivity contribution is 7.92. The van der Waals surface area contributed by atoms with Gasteiger partial charge in [0.05, 0.1) is 37.1 Å². The summed E-state index contributed by atoms with van der Waals surface area (Å²) in [7, 11) is -0.224. The highest BCUT2D eigenvalue weighted by Gasteiger charge is 2.34. The zero-order chi connectivity index (χ0) is 23.6. The zero-order valence-electron chi connectivity index (χ0n) is 18.3. The number of benzene rings is 2. The molecule has 0 saturated carbocycles. The third-order valence-electron chi connectivity index (χ3n) is 5.16. The lowest BCUT2D eigenvalue weighted by atomic mass is 9.98. The number of hydrogen-bond acceptors (Lipinski definition) is 7. The zero-order valence-corrected chi connectivity index (χ0v) is 19.9. The number of carbonyl (C=O) groups is 1. The van der Waals surface area contributed by atoms with Crippen molar-refractivity contribution in [3.63, 3.8) is 0 Å². The molecule has 1 aromatic heterocycles. The third-order valence-corrected chi connectivity index (χ3v) is 6.63. The van der Waals surface area contributed by atoms with Crippen molar-refractivity contribution in [2.75, 3.05) is 25.2 Å². The number of rotatable bonds is 7. The molecule has 0 spiro atoms. The first-order valence-electron chi connectivity index (χ1n) is 10.0. The number of amides is 1. The lowest BCUT2D eigenvalue weighted by molar-refractivity contribution is 0.0716. The van der Waals surface area contributed by atoms with Gasteiger partial charge in [-0.2, -0.15) is 5.10 Å². The van der Waals surface area contributed by atoms with Crippen molar-refractivity contribution in [3.8, 4) is 11.5 Å². The normalized spacial score (nSPS) is 15.8. The Morgan fingerprint density at radius 1 is 1.09 bits per heavy atom. The maximum Gasteiger partial charge on any atom is 0.284 e. The highest BCUT2D eigenvalue weighted by atomic mass is 32.2. The molecule has 2 heterocycles. The van der Waals surface area contributed by atoms with E-state index in [1.165, 1.54) is 16.3 Å². The summed E-state index contributed by atoms with van der Waals surface area (Å²) in [5.41, 5.74) is 2.86. The molecule has 0 fully saturated rings. The fraction of sp³-hybridized carbons (Fsp3) is 0.217. The van der Waals surface area contributed by atoms with Gasteiger partial charge in [0.25, 0.3) is 5.91 Å². The van der Waals surface area contributed by atoms with Crippen molar-refractivity contribution in [3.05, 3.63) is 76.0 Å². The van der Waals surface area contributed by atoms with Crippen LogP contribution in [0.15, 0.2) is 65.1 Å². The summed E-state index contributed by atoms with van der Waals surface area (Å²) in [5.74, 6) is 0.990. The second kappa shape index (κ2) is 9.24. The predicted octanol–water partition coefficient (Wildman–Crippen LogP) is 4.13. The van der Waals surface area contributed by atoms with Crippen LogP contribution in [0.5, 0.6) is 11.5 Å². The van der Waals surface area contributed by atoms with Gasteiger partial charge >= 0.3 is 0 Å². The summed E-state index contributed by atoms with van der Waals surface area (Å²) in [6.45, 7) is 0. The number of nitrogens with one attached hydrogen (secondary N) is 1. The van der Waals surface area contributed by atoms with Crippen molar-refractivity contribution in [1.29, 1.82) is 0 Å². The predicted molar refractivity (Wildman–Crippen MR) is 129 cm³/mol. The molecule has 1 aliphatic heterocycles. The van der Waals surface area contributed by atoms with E-state index in [-0.39, 0.29) is 11.9 Å². The Hall–Kier alpha value is -3.37. The van der Waals surface area contributed by atoms with E-state index in [1.54, 1.807) is 44.6 Å². The van der Waals surface area contributed by atoms with Crippen LogP contribution in [0.25, 0.3) is 0 Å². The van der Waals surface area contributed by atoms with Gasteiger partial charge in [-0.3, -0.25) is 9.52 Å². The van der Waals surface area contributed by atoms with Crippen LogP contribution in [0, 0.1) is 0 Å². The summed E-state index contributed by atoms with van der Waals surface area (Å²) in [6.07, 6.45) is 1.59. The van der Waals surface area contributed by atoms with Crippen LogP contribution in [-0.2, 0) is 10.0 Å². The van der Waals surface area contributed by atoms with E-state index in [9.17, 15) is 13.2 Å². The van der Waals surface area contributed by atoms with E-state index < -0.39 is 10.0 Å². The minimum atomic E-state index is -3.37. The number of thiophene rings is 1. The topological polar surface area (TPSA) is 97.3 Å². The summed E-state index contributed by atoms with van der Waals surface area (Å²) >= 11 is 1.36. The second-order valence-electron chi connectivity index (χ2n) is 7.46. The molecule has 0 aliphatic carbocycles. The molecule has 3 aromatic rings. The molecule has 0 bridgehead atoms. The molecule has 0 radical (unpaired) electrons. The molecule has 10 heteroatoms. The van der Waals surface area contributed by atoms with Crippen LogP contribution in [0.2, 0.25) is 0 Å². The number of carbonyl (C=O) groups excluding carboxylic acids is 1. The van der Waals surface area contributed by atoms with Crippen LogP contribution in [0.3, 0.4) is 0 Å². The maximum atomic E-state index is 13.3. The molecule has 2 aromatic carbocycles. The largest absolute Gasteiger partial charge is 0.493 e. The second-order valence-corrected chi connectivity index (χ2v) is 10.2. The SMILES string of the molecule is COc1ccc([C@H]2CC(c3ccc(NS(C)(=O)=O)cc3)=NN2C(=O)c2cccs2)cc1OC. The van der Waals surface area contributed by atoms with E-state index in [0.717, 1.165) is 23.1 Å². The molecule has 1 atom stereocenters. The summed E-state index contributed by atoms with van der Waals surface area (Å²) in [4.78, 5) is 13.8. The summed E-state index contributed by atoms with van der Waals surface area (Å²) < 4.78 is 36.2. The molecule has 33 heavy (non-hydrogen) atoms. The van der Waals surface area contributed by atoms with Crippen molar-refractivity contribution < 1.29 is 22.7 Å². The van der Waals surface area contributed by atoms with Gasteiger partial charge in [-0.15, -0.1) is 11.3 Å². The van der Waals surface area contributed by atoms with Gasteiger partial charge in [0.1, 0.15) is 0 Å². The Balaban J connectivity index is 1.69. The molecule has 172 valence electrons. The quantitative estimate of drug-likeness (QED) is 0.543. The fourth-order valence-corrected chi connectivity index (χ4v) is 4.87. The van der Waals surface area contributed by atoms with Gasteiger partial charge in [0.2, 0.25) is 10.0 Å². The molecule has 1 amide bonds. The average Bonchev–Trinajstić information content (AvgIpc) is 3.48. The smallest absolute Gasteiger partial charge is 0.284 e. The van der Waals surface area contributed by atoms with E-state index in [2.05, 4.69) is 9.82 Å². The van der Waals surface area contributed by atoms with Gasteiger partial charge in [-0.1, -0.05) is 24.3 Å². The monoisotopic (exact) mass is 485 g/mol. The van der Waals surface area contributed by atoms with Crippen LogP contribution in [-0.4, -0.2) is 45.5 Å². The lowest BCUT2D eigenvalue weighted by Crippen LogP contribution is -2.26. The minimum Gasteiger partial charge on any atom is -0.493 e. The van der Waals surface area contributed by atoms with Gasteiger partial charge in [-0.25, -0.2) is 13.4 Å². The first kappa shape index (κ1) is 22.8. The molecule has 0 saturated heterocycles. The molecule has 4 rings (SSSR count). The first-order chi connectivity index (χ1) is 15.8. The molecular formula is C23H23N3O5S2. The maximum absolute atomic E-state index is 13.3. The van der Waals surface area contributed by atoms with Crippen molar-refractivity contribution in [2.24, 2.45) is 5.10 Å². The van der Waals surface area contributed by atoms with Crippen molar-refractivity contribution in [1.82, 2.24) is 5.01 Å². The first-order valence-corrected chi connectivity index (χ1v) is 12.8. The Labute approximate surface area is 196 Å².